The lowest BCUT2D eigenvalue weighted by atomic mass is 10.1. The molecule has 0 fully saturated rings. The van der Waals surface area contributed by atoms with Gasteiger partial charge in [0.25, 0.3) is 0 Å². The fraction of sp³-hybridized carbons (Fsp3) is 0.438. The van der Waals surface area contributed by atoms with Crippen molar-refractivity contribution >= 4 is 16.9 Å². The Bertz CT molecular complexity index is 618. The van der Waals surface area contributed by atoms with Gasteiger partial charge < -0.3 is 19.6 Å². The molecular formula is C16H21NO4. The summed E-state index contributed by atoms with van der Waals surface area (Å²) in [6.07, 6.45) is 2.20. The minimum Gasteiger partial charge on any atom is -0.872 e. The number of ether oxygens (including phenoxy) is 1. The number of rotatable bonds is 7. The summed E-state index contributed by atoms with van der Waals surface area (Å²) in [5.74, 6) is -0.472. The van der Waals surface area contributed by atoms with Crippen LogP contribution in [0.3, 0.4) is 0 Å². The van der Waals surface area contributed by atoms with Crippen LogP contribution in [0.25, 0.3) is 11.0 Å². The summed E-state index contributed by atoms with van der Waals surface area (Å²) in [5.41, 5.74) is 1.09. The highest BCUT2D eigenvalue weighted by atomic mass is 16.5. The van der Waals surface area contributed by atoms with Crippen molar-refractivity contribution in [3.8, 4) is 5.75 Å². The van der Waals surface area contributed by atoms with Crippen molar-refractivity contribution in [3.05, 3.63) is 29.5 Å². The molecule has 1 aromatic carbocycles. The predicted molar refractivity (Wildman–Crippen MR) is 77.0 cm³/mol. The topological polar surface area (TPSA) is 79.1 Å². The summed E-state index contributed by atoms with van der Waals surface area (Å²) in [7, 11) is 0. The highest BCUT2D eigenvalue weighted by Crippen LogP contribution is 2.31. The molecule has 1 heterocycles. The second-order valence-electron chi connectivity index (χ2n) is 4.89. The summed E-state index contributed by atoms with van der Waals surface area (Å²) in [6.45, 7) is 5.64. The minimum atomic E-state index is -0.507. The van der Waals surface area contributed by atoms with Crippen molar-refractivity contribution in [1.29, 1.82) is 0 Å². The van der Waals surface area contributed by atoms with E-state index in [4.69, 9.17) is 9.15 Å². The first-order chi connectivity index (χ1) is 10.2. The van der Waals surface area contributed by atoms with Gasteiger partial charge in [-0.1, -0.05) is 31.2 Å². The molecule has 0 atom stereocenters. The SMILES string of the molecule is CCCC[NH2+]Cc1c(C(=O)OCC)oc2cccc([O-])c12. The van der Waals surface area contributed by atoms with Crippen LogP contribution in [0.4, 0.5) is 0 Å². The first kappa shape index (κ1) is 15.4. The van der Waals surface area contributed by atoms with E-state index in [0.717, 1.165) is 19.4 Å². The van der Waals surface area contributed by atoms with Crippen molar-refractivity contribution in [2.45, 2.75) is 33.2 Å². The van der Waals surface area contributed by atoms with E-state index < -0.39 is 5.97 Å². The van der Waals surface area contributed by atoms with E-state index in [1.807, 2.05) is 0 Å². The Labute approximate surface area is 123 Å². The van der Waals surface area contributed by atoms with Gasteiger partial charge in [0.1, 0.15) is 12.1 Å². The van der Waals surface area contributed by atoms with E-state index in [9.17, 15) is 9.90 Å². The minimum absolute atomic E-state index is 0.120. The maximum absolute atomic E-state index is 12.1. The van der Waals surface area contributed by atoms with Gasteiger partial charge in [0, 0.05) is 5.39 Å². The number of unbranched alkanes of at least 4 members (excludes halogenated alkanes) is 1. The highest BCUT2D eigenvalue weighted by molar-refractivity contribution is 5.98. The number of hydrogen-bond acceptors (Lipinski definition) is 4. The lowest BCUT2D eigenvalue weighted by molar-refractivity contribution is -0.670. The Morgan fingerprint density at radius 1 is 1.38 bits per heavy atom. The van der Waals surface area contributed by atoms with Gasteiger partial charge in [-0.3, -0.25) is 0 Å². The number of carbonyl (C=O) groups excluding carboxylic acids is 1. The fourth-order valence-electron chi connectivity index (χ4n) is 2.33. The van der Waals surface area contributed by atoms with Crippen LogP contribution in [0.1, 0.15) is 42.8 Å². The Balaban J connectivity index is 2.36. The lowest BCUT2D eigenvalue weighted by Gasteiger charge is -2.08. The zero-order valence-corrected chi connectivity index (χ0v) is 12.5. The molecule has 2 aromatic rings. The summed E-state index contributed by atoms with van der Waals surface area (Å²) >= 11 is 0. The van der Waals surface area contributed by atoms with Crippen LogP contribution in [-0.2, 0) is 11.3 Å². The van der Waals surface area contributed by atoms with Gasteiger partial charge in [0.2, 0.25) is 5.76 Å². The van der Waals surface area contributed by atoms with Crippen LogP contribution in [0.2, 0.25) is 0 Å². The van der Waals surface area contributed by atoms with Crippen LogP contribution in [0.15, 0.2) is 22.6 Å². The highest BCUT2D eigenvalue weighted by Gasteiger charge is 2.22. The van der Waals surface area contributed by atoms with Crippen LogP contribution in [0, 0.1) is 0 Å². The third-order valence-corrected chi connectivity index (χ3v) is 3.35. The Hall–Kier alpha value is -2.01. The molecule has 0 unspecified atom stereocenters. The Morgan fingerprint density at radius 3 is 2.90 bits per heavy atom. The van der Waals surface area contributed by atoms with E-state index >= 15 is 0 Å². The molecule has 0 aliphatic heterocycles. The predicted octanol–water partition coefficient (Wildman–Crippen LogP) is 1.55. The second kappa shape index (κ2) is 7.13. The van der Waals surface area contributed by atoms with Crippen LogP contribution in [0.5, 0.6) is 5.75 Å². The van der Waals surface area contributed by atoms with Crippen molar-refractivity contribution in [3.63, 3.8) is 0 Å². The number of fused-ring (bicyclic) bond motifs is 1. The van der Waals surface area contributed by atoms with Gasteiger partial charge in [-0.25, -0.2) is 4.79 Å². The summed E-state index contributed by atoms with van der Waals surface area (Å²) in [6, 6.07) is 4.82. The number of furan rings is 1. The van der Waals surface area contributed by atoms with Gasteiger partial charge in [-0.2, -0.15) is 0 Å². The summed E-state index contributed by atoms with van der Waals surface area (Å²) in [4.78, 5) is 12.0. The molecule has 0 aliphatic carbocycles. The van der Waals surface area contributed by atoms with Gasteiger partial charge in [0.05, 0.1) is 18.7 Å². The molecule has 5 heteroatoms. The van der Waals surface area contributed by atoms with E-state index in [1.54, 1.807) is 19.1 Å². The monoisotopic (exact) mass is 291 g/mol. The number of hydrogen-bond donors (Lipinski definition) is 1. The number of quaternary nitrogens is 1. The molecule has 0 aliphatic rings. The molecule has 114 valence electrons. The Morgan fingerprint density at radius 2 is 2.19 bits per heavy atom. The van der Waals surface area contributed by atoms with Crippen LogP contribution >= 0.6 is 0 Å². The lowest BCUT2D eigenvalue weighted by Crippen LogP contribution is -2.82. The summed E-state index contributed by atoms with van der Waals surface area (Å²) < 4.78 is 10.6. The largest absolute Gasteiger partial charge is 0.872 e. The van der Waals surface area contributed by atoms with E-state index in [2.05, 4.69) is 12.2 Å². The Kier molecular flexibility index (Phi) is 5.22. The molecule has 0 saturated carbocycles. The quantitative estimate of drug-likeness (QED) is 0.620. The fourth-order valence-corrected chi connectivity index (χ4v) is 2.33. The number of benzene rings is 1. The molecule has 0 amide bonds. The maximum atomic E-state index is 12.1. The molecule has 1 aromatic heterocycles. The van der Waals surface area contributed by atoms with Gasteiger partial charge in [-0.15, -0.1) is 0 Å². The van der Waals surface area contributed by atoms with E-state index in [1.165, 1.54) is 6.07 Å². The smallest absolute Gasteiger partial charge is 0.374 e. The third kappa shape index (κ3) is 3.36. The second-order valence-corrected chi connectivity index (χ2v) is 4.89. The van der Waals surface area contributed by atoms with E-state index in [-0.39, 0.29) is 18.1 Å². The maximum Gasteiger partial charge on any atom is 0.374 e. The summed E-state index contributed by atoms with van der Waals surface area (Å²) in [5, 5.41) is 14.6. The molecule has 0 bridgehead atoms. The van der Waals surface area contributed by atoms with Gasteiger partial charge >= 0.3 is 5.97 Å². The number of esters is 1. The van der Waals surface area contributed by atoms with Gasteiger partial charge in [0.15, 0.2) is 0 Å². The third-order valence-electron chi connectivity index (χ3n) is 3.35. The molecule has 0 radical (unpaired) electrons. The number of carbonyl (C=O) groups is 1. The van der Waals surface area contributed by atoms with Gasteiger partial charge in [-0.05, 0) is 19.4 Å². The van der Waals surface area contributed by atoms with Crippen LogP contribution < -0.4 is 10.4 Å². The van der Waals surface area contributed by atoms with Crippen molar-refractivity contribution < 1.29 is 24.4 Å². The van der Waals surface area contributed by atoms with Crippen molar-refractivity contribution in [2.75, 3.05) is 13.2 Å². The molecule has 2 N–H and O–H groups in total. The molecule has 2 rings (SSSR count). The normalized spacial score (nSPS) is 11.0. The molecule has 0 saturated heterocycles. The van der Waals surface area contributed by atoms with E-state index in [0.29, 0.717) is 23.1 Å². The average Bonchev–Trinajstić information content (AvgIpc) is 2.84. The molecule has 21 heavy (non-hydrogen) atoms. The van der Waals surface area contributed by atoms with Crippen molar-refractivity contribution in [2.24, 2.45) is 0 Å². The first-order valence-corrected chi connectivity index (χ1v) is 7.39. The van der Waals surface area contributed by atoms with Crippen molar-refractivity contribution in [1.82, 2.24) is 0 Å². The molecule has 5 nitrogen and oxygen atoms in total. The average molecular weight is 291 g/mol. The molecular weight excluding hydrogens is 270 g/mol. The first-order valence-electron chi connectivity index (χ1n) is 7.39. The molecule has 0 spiro atoms. The van der Waals surface area contributed by atoms with Crippen LogP contribution in [-0.4, -0.2) is 19.1 Å². The number of nitrogens with two attached hydrogens (primary N) is 1. The standard InChI is InChI=1S/C16H21NO4/c1-3-5-9-17-10-11-14-12(18)7-6-8-13(14)21-15(11)16(19)20-4-2/h6-8,17-18H,3-5,9-10H2,1-2H3. The zero-order valence-electron chi connectivity index (χ0n) is 12.5. The zero-order chi connectivity index (χ0) is 15.2.